The van der Waals surface area contributed by atoms with Gasteiger partial charge in [0.1, 0.15) is 12.2 Å². The number of allylic oxidation sites excluding steroid dienone is 2. The van der Waals surface area contributed by atoms with Crippen molar-refractivity contribution in [2.24, 2.45) is 11.8 Å². The Kier molecular flexibility index (Phi) is 14.2. The molecule has 7 nitrogen and oxygen atoms in total. The molecule has 0 aliphatic heterocycles. The topological polar surface area (TPSA) is 99.1 Å². The van der Waals surface area contributed by atoms with E-state index < -0.39 is 29.7 Å². The number of ether oxygens (including phenoxy) is 3. The second-order valence-electron chi connectivity index (χ2n) is 12.6. The molecule has 256 valence electrons. The molecule has 3 aromatic rings. The summed E-state index contributed by atoms with van der Waals surface area (Å²) in [6.07, 6.45) is 11.0. The molecule has 2 aromatic carbocycles. The zero-order valence-electron chi connectivity index (χ0n) is 28.2. The molecule has 4 rings (SSSR count). The predicted molar refractivity (Wildman–Crippen MR) is 189 cm³/mol. The molecule has 1 aromatic heterocycles. The highest BCUT2D eigenvalue weighted by molar-refractivity contribution is 7.09. The fraction of sp³-hybridized carbons (Fsp3) is 0.425. The third kappa shape index (κ3) is 11.3. The van der Waals surface area contributed by atoms with E-state index in [4.69, 9.17) is 14.2 Å². The Balaban J connectivity index is 1.57. The van der Waals surface area contributed by atoms with Crippen molar-refractivity contribution in [2.75, 3.05) is 0 Å². The van der Waals surface area contributed by atoms with E-state index in [9.17, 15) is 19.5 Å². The molecule has 1 N–H and O–H groups in total. The highest BCUT2D eigenvalue weighted by atomic mass is 32.1. The predicted octanol–water partition coefficient (Wildman–Crippen LogP) is 8.53. The van der Waals surface area contributed by atoms with Gasteiger partial charge in [0.05, 0.1) is 22.8 Å². The number of hydrogen-bond acceptors (Lipinski definition) is 8. The summed E-state index contributed by atoms with van der Waals surface area (Å²) in [5, 5.41) is 13.7. The zero-order chi connectivity index (χ0) is 34.4. The average molecular weight is 673 g/mol. The van der Waals surface area contributed by atoms with Gasteiger partial charge in [-0.3, -0.25) is 4.79 Å². The van der Waals surface area contributed by atoms with Crippen LogP contribution in [0.15, 0.2) is 102 Å². The van der Waals surface area contributed by atoms with E-state index in [2.05, 4.69) is 6.07 Å². The maximum atomic E-state index is 13.3. The fourth-order valence-corrected chi connectivity index (χ4v) is 6.71. The van der Waals surface area contributed by atoms with Gasteiger partial charge in [-0.05, 0) is 88.1 Å². The van der Waals surface area contributed by atoms with Crippen LogP contribution >= 0.6 is 11.3 Å². The Morgan fingerprint density at radius 1 is 0.917 bits per heavy atom. The van der Waals surface area contributed by atoms with E-state index in [0.717, 1.165) is 6.42 Å². The van der Waals surface area contributed by atoms with Crippen LogP contribution in [0, 0.1) is 11.8 Å². The minimum Gasteiger partial charge on any atom is -0.463 e. The maximum Gasteiger partial charge on any atom is 0.338 e. The van der Waals surface area contributed by atoms with E-state index in [1.807, 2.05) is 68.7 Å². The quantitative estimate of drug-likeness (QED) is 0.0664. The van der Waals surface area contributed by atoms with Crippen molar-refractivity contribution in [3.05, 3.63) is 118 Å². The number of aliphatic hydroxyl groups is 1. The lowest BCUT2D eigenvalue weighted by molar-refractivity contribution is -0.147. The highest BCUT2D eigenvalue weighted by Crippen LogP contribution is 2.41. The van der Waals surface area contributed by atoms with Gasteiger partial charge < -0.3 is 19.3 Å². The Labute approximate surface area is 288 Å². The van der Waals surface area contributed by atoms with Crippen LogP contribution in [0.25, 0.3) is 0 Å². The van der Waals surface area contributed by atoms with E-state index in [1.165, 1.54) is 4.88 Å². The number of unbranched alkanes of at least 4 members (excludes halogenated alkanes) is 1. The summed E-state index contributed by atoms with van der Waals surface area (Å²) in [7, 11) is 0. The fourth-order valence-electron chi connectivity index (χ4n) is 6.00. The summed E-state index contributed by atoms with van der Waals surface area (Å²) in [5.41, 5.74) is -0.161. The van der Waals surface area contributed by atoms with Crippen LogP contribution in [-0.2, 0) is 25.4 Å². The summed E-state index contributed by atoms with van der Waals surface area (Å²) < 4.78 is 17.5. The maximum absolute atomic E-state index is 13.3. The Hall–Kier alpha value is -4.01. The highest BCUT2D eigenvalue weighted by Gasteiger charge is 2.46. The molecule has 1 heterocycles. The van der Waals surface area contributed by atoms with Gasteiger partial charge in [0.15, 0.2) is 0 Å². The minimum atomic E-state index is -1.05. The lowest BCUT2D eigenvalue weighted by atomic mass is 9.86. The van der Waals surface area contributed by atoms with Gasteiger partial charge in [0.25, 0.3) is 0 Å². The number of thiophene rings is 1. The number of rotatable bonds is 17. The Morgan fingerprint density at radius 2 is 1.56 bits per heavy atom. The van der Waals surface area contributed by atoms with Gasteiger partial charge in [0, 0.05) is 29.6 Å². The standard InChI is InChI=1S/C40H48O7S/c1-4-40(44,25-23-32-20-15-27-48-32)26-24-34-33(21-13-5-6-14-22-37(41)45-29(2)3)35(46-38(42)30-16-9-7-10-17-30)28-36(34)47-39(43)31-18-11-8-12-19-31/h5,7-13,15-20,24,26-27,29,33-36,44H,4,6,14,21-23,25,28H2,1-3H3/b13-5-,26-24+/t33-,34-,35+,36-,40?/m1/s1. The average Bonchev–Trinajstić information content (AvgIpc) is 3.72. The molecule has 0 spiro atoms. The number of carbonyl (C=O) groups excluding carboxylic acids is 3. The van der Waals surface area contributed by atoms with Crippen LogP contribution in [0.4, 0.5) is 0 Å². The van der Waals surface area contributed by atoms with Crippen LogP contribution in [-0.4, -0.2) is 46.9 Å². The van der Waals surface area contributed by atoms with E-state index in [-0.39, 0.29) is 23.9 Å². The van der Waals surface area contributed by atoms with Gasteiger partial charge in [0.2, 0.25) is 0 Å². The van der Waals surface area contributed by atoms with Crippen LogP contribution < -0.4 is 0 Å². The number of carbonyl (C=O) groups is 3. The van der Waals surface area contributed by atoms with Crippen molar-refractivity contribution in [2.45, 2.75) is 96.1 Å². The molecule has 5 atom stereocenters. The van der Waals surface area contributed by atoms with E-state index >= 15 is 0 Å². The van der Waals surface area contributed by atoms with Crippen molar-refractivity contribution in [1.82, 2.24) is 0 Å². The first-order chi connectivity index (χ1) is 23.2. The van der Waals surface area contributed by atoms with E-state index in [1.54, 1.807) is 59.9 Å². The molecule has 1 aliphatic rings. The van der Waals surface area contributed by atoms with Gasteiger partial charge in [-0.15, -0.1) is 11.3 Å². The lowest BCUT2D eigenvalue weighted by Crippen LogP contribution is -2.29. The zero-order valence-corrected chi connectivity index (χ0v) is 29.0. The van der Waals surface area contributed by atoms with Crippen molar-refractivity contribution >= 4 is 29.2 Å². The normalized spacial score (nSPS) is 20.6. The summed E-state index contributed by atoms with van der Waals surface area (Å²) in [6.45, 7) is 5.63. The molecule has 1 aliphatic carbocycles. The SMILES string of the molecule is CCC(O)(/C=C/[C@@H]1[C@@H](C/C=C\CCCC(=O)OC(C)C)[C@@H](OC(=O)c2ccccc2)C[C@H]1OC(=O)c1ccccc1)CCc1cccs1. The summed E-state index contributed by atoms with van der Waals surface area (Å²) in [6, 6.07) is 21.8. The van der Waals surface area contributed by atoms with Gasteiger partial charge in [-0.2, -0.15) is 0 Å². The molecule has 0 saturated heterocycles. The Morgan fingerprint density at radius 3 is 2.15 bits per heavy atom. The number of esters is 3. The second kappa shape index (κ2) is 18.5. The van der Waals surface area contributed by atoms with E-state index in [0.29, 0.717) is 56.1 Å². The van der Waals surface area contributed by atoms with Gasteiger partial charge >= 0.3 is 17.9 Å². The molecule has 8 heteroatoms. The number of aryl methyl sites for hydroxylation is 1. The van der Waals surface area contributed by atoms with Crippen molar-refractivity contribution in [1.29, 1.82) is 0 Å². The van der Waals surface area contributed by atoms with Crippen LogP contribution in [0.3, 0.4) is 0 Å². The molecule has 48 heavy (non-hydrogen) atoms. The van der Waals surface area contributed by atoms with Gasteiger partial charge in [-0.25, -0.2) is 9.59 Å². The summed E-state index contributed by atoms with van der Waals surface area (Å²) in [5.74, 6) is -1.63. The molecule has 1 saturated carbocycles. The third-order valence-corrected chi connectivity index (χ3v) is 9.66. The molecule has 0 radical (unpaired) electrons. The first-order valence-corrected chi connectivity index (χ1v) is 17.9. The largest absolute Gasteiger partial charge is 0.463 e. The lowest BCUT2D eigenvalue weighted by Gasteiger charge is -2.27. The molecular weight excluding hydrogens is 625 g/mol. The summed E-state index contributed by atoms with van der Waals surface area (Å²) in [4.78, 5) is 39.7. The third-order valence-electron chi connectivity index (χ3n) is 8.72. The number of hydrogen-bond donors (Lipinski definition) is 1. The van der Waals surface area contributed by atoms with Crippen molar-refractivity contribution < 1.29 is 33.7 Å². The second-order valence-corrected chi connectivity index (χ2v) is 13.7. The molecule has 1 unspecified atom stereocenters. The molecular formula is C40H48O7S. The Bertz CT molecular complexity index is 1480. The summed E-state index contributed by atoms with van der Waals surface area (Å²) >= 11 is 1.67. The molecule has 1 fully saturated rings. The van der Waals surface area contributed by atoms with Crippen LogP contribution in [0.1, 0.15) is 91.3 Å². The molecule has 0 bridgehead atoms. The molecule has 0 amide bonds. The van der Waals surface area contributed by atoms with Crippen LogP contribution in [0.5, 0.6) is 0 Å². The smallest absolute Gasteiger partial charge is 0.338 e. The first kappa shape index (κ1) is 36.8. The van der Waals surface area contributed by atoms with Crippen molar-refractivity contribution in [3.8, 4) is 0 Å². The first-order valence-electron chi connectivity index (χ1n) is 17.0. The van der Waals surface area contributed by atoms with Gasteiger partial charge in [-0.1, -0.05) is 73.7 Å². The van der Waals surface area contributed by atoms with Crippen molar-refractivity contribution in [3.63, 3.8) is 0 Å². The monoisotopic (exact) mass is 672 g/mol. The minimum absolute atomic E-state index is 0.138. The number of benzene rings is 2. The van der Waals surface area contributed by atoms with Crippen LogP contribution in [0.2, 0.25) is 0 Å².